The lowest BCUT2D eigenvalue weighted by molar-refractivity contribution is -0.115. The van der Waals surface area contributed by atoms with Crippen molar-refractivity contribution in [3.05, 3.63) is 52.3 Å². The van der Waals surface area contributed by atoms with Gasteiger partial charge in [0.25, 0.3) is 5.91 Å². The lowest BCUT2D eigenvalue weighted by Gasteiger charge is -2.29. The van der Waals surface area contributed by atoms with Gasteiger partial charge in [-0.05, 0) is 42.5 Å². The first-order chi connectivity index (χ1) is 15.8. The van der Waals surface area contributed by atoms with E-state index in [1.807, 2.05) is 27.0 Å². The molecule has 176 valence electrons. The minimum Gasteiger partial charge on any atom is -0.378 e. The lowest BCUT2D eigenvalue weighted by Crippen LogP contribution is -2.36. The third-order valence-corrected chi connectivity index (χ3v) is 6.72. The molecule has 1 saturated heterocycles. The largest absolute Gasteiger partial charge is 0.378 e. The molecule has 0 radical (unpaired) electrons. The van der Waals surface area contributed by atoms with Crippen LogP contribution in [0.15, 0.2) is 41.1 Å². The molecule has 0 bridgehead atoms. The highest BCUT2D eigenvalue weighted by atomic mass is 16.5. The quantitative estimate of drug-likeness (QED) is 0.706. The monoisotopic (exact) mass is 449 g/mol. The van der Waals surface area contributed by atoms with E-state index < -0.39 is 0 Å². The minimum absolute atomic E-state index is 0.111. The third kappa shape index (κ3) is 4.62. The number of aromatic nitrogens is 1. The summed E-state index contributed by atoms with van der Waals surface area (Å²) < 4.78 is 7.58. The number of amides is 1. The van der Waals surface area contributed by atoms with Crippen LogP contribution in [-0.2, 0) is 16.6 Å². The molecule has 4 rings (SSSR count). The second-order valence-electron chi connectivity index (χ2n) is 9.47. The minimum atomic E-state index is -0.145. The third-order valence-electron chi connectivity index (χ3n) is 6.72. The zero-order valence-corrected chi connectivity index (χ0v) is 20.5. The number of aryl methyl sites for hydroxylation is 1. The van der Waals surface area contributed by atoms with Gasteiger partial charge < -0.3 is 19.5 Å². The number of ketones is 1. The Labute approximate surface area is 196 Å². The van der Waals surface area contributed by atoms with Gasteiger partial charge in [-0.2, -0.15) is 0 Å². The molecule has 1 aromatic heterocycles. The summed E-state index contributed by atoms with van der Waals surface area (Å²) in [6.45, 7) is 11.6. The lowest BCUT2D eigenvalue weighted by atomic mass is 9.90. The molecule has 2 aromatic rings. The van der Waals surface area contributed by atoms with Gasteiger partial charge >= 0.3 is 0 Å². The zero-order valence-electron chi connectivity index (χ0n) is 20.5. The standard InChI is InChI=1S/C27H35N3O3/c1-6-19-11-18(4)12-25(31)23(19)15-28-27(32)22-14-20(30-7-9-33-10-8-30)13-21-24(17(2)3)16-29(5)26(21)22/h11,13-14,16-17H,6-10,12,15H2,1-5H3,(H,28,32). The van der Waals surface area contributed by atoms with Crippen molar-refractivity contribution in [1.29, 1.82) is 0 Å². The van der Waals surface area contributed by atoms with Crippen LogP contribution < -0.4 is 10.2 Å². The predicted octanol–water partition coefficient (Wildman–Crippen LogP) is 4.49. The molecule has 1 aromatic carbocycles. The van der Waals surface area contributed by atoms with Crippen molar-refractivity contribution >= 4 is 28.3 Å². The molecule has 0 saturated carbocycles. The Morgan fingerprint density at radius 3 is 2.61 bits per heavy atom. The molecule has 1 N–H and O–H groups in total. The van der Waals surface area contributed by atoms with Crippen molar-refractivity contribution in [2.24, 2.45) is 7.05 Å². The van der Waals surface area contributed by atoms with E-state index in [0.29, 0.717) is 31.1 Å². The number of carbonyl (C=O) groups excluding carboxylic acids is 2. The zero-order chi connectivity index (χ0) is 23.7. The number of Topliss-reactive ketones (excluding diaryl/α,β-unsaturated/α-hetero) is 1. The van der Waals surface area contributed by atoms with Gasteiger partial charge in [-0.25, -0.2) is 0 Å². The number of fused-ring (bicyclic) bond motifs is 1. The van der Waals surface area contributed by atoms with E-state index in [-0.39, 0.29) is 18.2 Å². The smallest absolute Gasteiger partial charge is 0.253 e. The average Bonchev–Trinajstić information content (AvgIpc) is 3.14. The number of anilines is 1. The van der Waals surface area contributed by atoms with Crippen molar-refractivity contribution in [2.75, 3.05) is 37.7 Å². The van der Waals surface area contributed by atoms with Crippen molar-refractivity contribution < 1.29 is 14.3 Å². The Morgan fingerprint density at radius 2 is 1.94 bits per heavy atom. The fraction of sp³-hybridized carbons (Fsp3) is 0.481. The molecule has 1 amide bonds. The van der Waals surface area contributed by atoms with Crippen molar-refractivity contribution in [2.45, 2.75) is 46.5 Å². The average molecular weight is 450 g/mol. The van der Waals surface area contributed by atoms with Gasteiger partial charge in [0, 0.05) is 55.9 Å². The number of nitrogens with zero attached hydrogens (tertiary/aromatic N) is 2. The first-order valence-electron chi connectivity index (χ1n) is 12.0. The summed E-state index contributed by atoms with van der Waals surface area (Å²) in [6.07, 6.45) is 5.43. The Kier molecular flexibility index (Phi) is 6.75. The molecule has 33 heavy (non-hydrogen) atoms. The maximum Gasteiger partial charge on any atom is 0.253 e. The fourth-order valence-electron chi connectivity index (χ4n) is 4.97. The van der Waals surface area contributed by atoms with Crippen molar-refractivity contribution in [3.8, 4) is 0 Å². The highest BCUT2D eigenvalue weighted by Gasteiger charge is 2.23. The van der Waals surface area contributed by atoms with Crippen LogP contribution in [0.3, 0.4) is 0 Å². The first-order valence-corrected chi connectivity index (χ1v) is 12.0. The summed E-state index contributed by atoms with van der Waals surface area (Å²) in [4.78, 5) is 28.5. The number of hydrogen-bond acceptors (Lipinski definition) is 4. The van der Waals surface area contributed by atoms with Crippen LogP contribution in [0.1, 0.15) is 62.4 Å². The maximum atomic E-state index is 13.5. The number of allylic oxidation sites excluding steroid dienone is 3. The number of ether oxygens (including phenoxy) is 1. The fourth-order valence-corrected chi connectivity index (χ4v) is 4.97. The number of rotatable bonds is 6. The highest BCUT2D eigenvalue weighted by molar-refractivity contribution is 6.09. The Bertz CT molecular complexity index is 1150. The topological polar surface area (TPSA) is 63.6 Å². The molecule has 0 spiro atoms. The summed E-state index contributed by atoms with van der Waals surface area (Å²) in [5.74, 6) is 0.311. The van der Waals surface area contributed by atoms with Gasteiger partial charge in [0.2, 0.25) is 0 Å². The molecular formula is C27H35N3O3. The van der Waals surface area contributed by atoms with Gasteiger partial charge in [-0.15, -0.1) is 0 Å². The Hall–Kier alpha value is -2.86. The summed E-state index contributed by atoms with van der Waals surface area (Å²) in [7, 11) is 2.00. The second-order valence-corrected chi connectivity index (χ2v) is 9.47. The van der Waals surface area contributed by atoms with E-state index in [4.69, 9.17) is 4.74 Å². The SMILES string of the molecule is CCC1=C(CNC(=O)c2cc(N3CCOCC3)cc3c(C(C)C)cn(C)c23)C(=O)CC(C)=C1. The molecule has 1 fully saturated rings. The molecule has 0 unspecified atom stereocenters. The number of morpholine rings is 1. The van der Waals surface area contributed by atoms with E-state index in [2.05, 4.69) is 47.0 Å². The summed E-state index contributed by atoms with van der Waals surface area (Å²) >= 11 is 0. The van der Waals surface area contributed by atoms with E-state index in [0.717, 1.165) is 52.8 Å². The first kappa shape index (κ1) is 23.3. The van der Waals surface area contributed by atoms with Gasteiger partial charge in [-0.3, -0.25) is 9.59 Å². The van der Waals surface area contributed by atoms with Crippen LogP contribution in [0.4, 0.5) is 5.69 Å². The van der Waals surface area contributed by atoms with Crippen molar-refractivity contribution in [1.82, 2.24) is 9.88 Å². The molecule has 1 aliphatic heterocycles. The molecule has 2 aliphatic rings. The Morgan fingerprint density at radius 1 is 1.21 bits per heavy atom. The van der Waals surface area contributed by atoms with Crippen LogP contribution in [0, 0.1) is 0 Å². The maximum absolute atomic E-state index is 13.5. The molecule has 1 aliphatic carbocycles. The van der Waals surface area contributed by atoms with Gasteiger partial charge in [-0.1, -0.05) is 32.4 Å². The van der Waals surface area contributed by atoms with Gasteiger partial charge in [0.05, 0.1) is 24.3 Å². The van der Waals surface area contributed by atoms with E-state index in [9.17, 15) is 9.59 Å². The van der Waals surface area contributed by atoms with E-state index >= 15 is 0 Å². The second kappa shape index (κ2) is 9.56. The predicted molar refractivity (Wildman–Crippen MR) is 133 cm³/mol. The van der Waals surface area contributed by atoms with Crippen LogP contribution in [-0.4, -0.2) is 49.1 Å². The number of carbonyl (C=O) groups is 2. The van der Waals surface area contributed by atoms with Crippen LogP contribution in [0.2, 0.25) is 0 Å². The summed E-state index contributed by atoms with van der Waals surface area (Å²) in [6, 6.07) is 4.21. The van der Waals surface area contributed by atoms with Crippen LogP contribution in [0.25, 0.3) is 10.9 Å². The molecule has 6 nitrogen and oxygen atoms in total. The normalized spacial score (nSPS) is 17.2. The van der Waals surface area contributed by atoms with Gasteiger partial charge in [0.15, 0.2) is 5.78 Å². The van der Waals surface area contributed by atoms with E-state index in [1.54, 1.807) is 0 Å². The number of hydrogen-bond donors (Lipinski definition) is 1. The van der Waals surface area contributed by atoms with Gasteiger partial charge in [0.1, 0.15) is 0 Å². The van der Waals surface area contributed by atoms with Crippen LogP contribution in [0.5, 0.6) is 0 Å². The van der Waals surface area contributed by atoms with E-state index in [1.165, 1.54) is 5.56 Å². The number of benzene rings is 1. The van der Waals surface area contributed by atoms with Crippen LogP contribution >= 0.6 is 0 Å². The Balaban J connectivity index is 1.72. The number of nitrogens with one attached hydrogen (secondary N) is 1. The van der Waals surface area contributed by atoms with Crippen molar-refractivity contribution in [3.63, 3.8) is 0 Å². The molecule has 0 atom stereocenters. The highest BCUT2D eigenvalue weighted by Crippen LogP contribution is 2.34. The molecule has 2 heterocycles. The summed E-state index contributed by atoms with van der Waals surface area (Å²) in [5, 5.41) is 4.18. The summed E-state index contributed by atoms with van der Waals surface area (Å²) in [5.41, 5.74) is 6.70. The molecular weight excluding hydrogens is 414 g/mol. The molecule has 6 heteroatoms.